The van der Waals surface area contributed by atoms with E-state index in [0.29, 0.717) is 0 Å². The summed E-state index contributed by atoms with van der Waals surface area (Å²) >= 11 is 0. The molecule has 0 unspecified atom stereocenters. The average molecular weight is 253 g/mol. The van der Waals surface area contributed by atoms with Crippen molar-refractivity contribution in [2.45, 2.75) is 0 Å². The topological polar surface area (TPSA) is 59.5 Å². The van der Waals surface area contributed by atoms with Gasteiger partial charge in [0.25, 0.3) is 0 Å². The summed E-state index contributed by atoms with van der Waals surface area (Å²) in [6, 6.07) is 9.83. The molecule has 2 aromatic heterocycles. The molecule has 0 radical (unpaired) electrons. The second-order valence-corrected chi connectivity index (χ2v) is 4.60. The fraction of sp³-hybridized carbons (Fsp3) is 0.143. The molecule has 5 heteroatoms. The van der Waals surface area contributed by atoms with E-state index in [0.717, 1.165) is 28.3 Å². The van der Waals surface area contributed by atoms with Crippen LogP contribution in [-0.2, 0) is 0 Å². The highest BCUT2D eigenvalue weighted by Crippen LogP contribution is 2.28. The number of rotatable bonds is 2. The normalized spacial score (nSPS) is 10.8. The van der Waals surface area contributed by atoms with Crippen LogP contribution in [0.2, 0.25) is 0 Å². The number of nitrogen functional groups attached to an aromatic ring is 1. The monoisotopic (exact) mass is 253 g/mol. The average Bonchev–Trinajstić information content (AvgIpc) is 2.86. The van der Waals surface area contributed by atoms with Crippen LogP contribution < -0.4 is 10.6 Å². The van der Waals surface area contributed by atoms with Gasteiger partial charge >= 0.3 is 0 Å². The summed E-state index contributed by atoms with van der Waals surface area (Å²) in [5.74, 6) is 0. The van der Waals surface area contributed by atoms with Crippen LogP contribution in [0.25, 0.3) is 16.9 Å². The van der Waals surface area contributed by atoms with E-state index in [2.05, 4.69) is 10.1 Å². The SMILES string of the molecule is CN(C)c1ccc(-c2ccnc3ccnn23)cc1N. The first kappa shape index (κ1) is 11.5. The quantitative estimate of drug-likeness (QED) is 0.710. The highest BCUT2D eigenvalue weighted by Gasteiger charge is 2.08. The van der Waals surface area contributed by atoms with Crippen LogP contribution in [-0.4, -0.2) is 28.7 Å². The van der Waals surface area contributed by atoms with E-state index in [1.807, 2.05) is 53.8 Å². The molecular weight excluding hydrogens is 238 g/mol. The van der Waals surface area contributed by atoms with Crippen molar-refractivity contribution in [2.75, 3.05) is 24.7 Å². The third kappa shape index (κ3) is 1.89. The van der Waals surface area contributed by atoms with Gasteiger partial charge in [-0.2, -0.15) is 5.10 Å². The van der Waals surface area contributed by atoms with Crippen molar-refractivity contribution < 1.29 is 0 Å². The van der Waals surface area contributed by atoms with Gasteiger partial charge in [-0.05, 0) is 18.2 Å². The van der Waals surface area contributed by atoms with Gasteiger partial charge in [0.15, 0.2) is 5.65 Å². The minimum Gasteiger partial charge on any atom is -0.397 e. The zero-order valence-electron chi connectivity index (χ0n) is 10.9. The molecule has 0 fully saturated rings. The second-order valence-electron chi connectivity index (χ2n) is 4.60. The summed E-state index contributed by atoms with van der Waals surface area (Å²) in [4.78, 5) is 6.25. The van der Waals surface area contributed by atoms with Crippen molar-refractivity contribution >= 4 is 17.0 Å². The molecule has 3 aromatic rings. The maximum Gasteiger partial charge on any atom is 0.155 e. The number of nitrogens with zero attached hydrogens (tertiary/aromatic N) is 4. The van der Waals surface area contributed by atoms with Gasteiger partial charge in [0, 0.05) is 31.9 Å². The molecule has 2 N–H and O–H groups in total. The molecule has 0 atom stereocenters. The van der Waals surface area contributed by atoms with E-state index < -0.39 is 0 Å². The Morgan fingerprint density at radius 3 is 2.68 bits per heavy atom. The standard InChI is InChI=1S/C14H15N5/c1-18(2)13-4-3-10(9-11(13)15)12-5-7-16-14-6-8-17-19(12)14/h3-9H,15H2,1-2H3. The Morgan fingerprint density at radius 1 is 1.11 bits per heavy atom. The van der Waals surface area contributed by atoms with Gasteiger partial charge in [0.05, 0.1) is 23.3 Å². The van der Waals surface area contributed by atoms with Crippen molar-refractivity contribution in [2.24, 2.45) is 0 Å². The van der Waals surface area contributed by atoms with Crippen LogP contribution in [0.5, 0.6) is 0 Å². The molecule has 0 aliphatic rings. The summed E-state index contributed by atoms with van der Waals surface area (Å²) in [5.41, 5.74) is 10.7. The zero-order valence-corrected chi connectivity index (χ0v) is 10.9. The first-order chi connectivity index (χ1) is 9.16. The fourth-order valence-corrected chi connectivity index (χ4v) is 2.17. The number of benzene rings is 1. The Labute approximate surface area is 111 Å². The van der Waals surface area contributed by atoms with Crippen LogP contribution in [0, 0.1) is 0 Å². The van der Waals surface area contributed by atoms with Gasteiger partial charge in [-0.3, -0.25) is 0 Å². The van der Waals surface area contributed by atoms with Gasteiger partial charge in [-0.1, -0.05) is 6.07 Å². The maximum absolute atomic E-state index is 6.09. The lowest BCUT2D eigenvalue weighted by atomic mass is 10.1. The summed E-state index contributed by atoms with van der Waals surface area (Å²) in [7, 11) is 3.95. The van der Waals surface area contributed by atoms with Crippen LogP contribution in [0.1, 0.15) is 0 Å². The molecule has 5 nitrogen and oxygen atoms in total. The number of anilines is 2. The van der Waals surface area contributed by atoms with E-state index in [9.17, 15) is 0 Å². The zero-order chi connectivity index (χ0) is 13.4. The minimum atomic E-state index is 0.750. The Kier molecular flexibility index (Phi) is 2.59. The lowest BCUT2D eigenvalue weighted by Crippen LogP contribution is -2.11. The van der Waals surface area contributed by atoms with Gasteiger partial charge in [-0.25, -0.2) is 9.50 Å². The van der Waals surface area contributed by atoms with E-state index in [1.54, 1.807) is 12.4 Å². The Balaban J connectivity index is 2.17. The molecule has 0 saturated heterocycles. The number of aromatic nitrogens is 3. The molecular formula is C14H15N5. The molecule has 0 spiro atoms. The first-order valence-corrected chi connectivity index (χ1v) is 6.03. The molecule has 96 valence electrons. The summed E-state index contributed by atoms with van der Waals surface area (Å²) in [5, 5.41) is 4.29. The van der Waals surface area contributed by atoms with Gasteiger partial charge in [0.1, 0.15) is 0 Å². The van der Waals surface area contributed by atoms with Crippen LogP contribution in [0.4, 0.5) is 11.4 Å². The predicted octanol–water partition coefficient (Wildman–Crippen LogP) is 2.04. The highest BCUT2D eigenvalue weighted by molar-refractivity contribution is 5.75. The molecule has 0 saturated carbocycles. The summed E-state index contributed by atoms with van der Waals surface area (Å²) in [6.07, 6.45) is 3.52. The van der Waals surface area contributed by atoms with Crippen molar-refractivity contribution in [3.8, 4) is 11.3 Å². The lowest BCUT2D eigenvalue weighted by Gasteiger charge is -2.16. The maximum atomic E-state index is 6.09. The van der Waals surface area contributed by atoms with Crippen molar-refractivity contribution in [3.63, 3.8) is 0 Å². The summed E-state index contributed by atoms with van der Waals surface area (Å²) in [6.45, 7) is 0. The van der Waals surface area contributed by atoms with Gasteiger partial charge in [-0.15, -0.1) is 0 Å². The third-order valence-corrected chi connectivity index (χ3v) is 3.10. The van der Waals surface area contributed by atoms with E-state index in [4.69, 9.17) is 5.73 Å². The first-order valence-electron chi connectivity index (χ1n) is 6.03. The number of hydrogen-bond acceptors (Lipinski definition) is 4. The van der Waals surface area contributed by atoms with Crippen LogP contribution in [0.3, 0.4) is 0 Å². The minimum absolute atomic E-state index is 0.750. The molecule has 3 rings (SSSR count). The Bertz CT molecular complexity index is 730. The van der Waals surface area contributed by atoms with Gasteiger partial charge < -0.3 is 10.6 Å². The van der Waals surface area contributed by atoms with Crippen molar-refractivity contribution in [1.29, 1.82) is 0 Å². The van der Waals surface area contributed by atoms with Crippen LogP contribution >= 0.6 is 0 Å². The predicted molar refractivity (Wildman–Crippen MR) is 77.2 cm³/mol. The number of hydrogen-bond donors (Lipinski definition) is 1. The smallest absolute Gasteiger partial charge is 0.155 e. The van der Waals surface area contributed by atoms with Crippen molar-refractivity contribution in [3.05, 3.63) is 42.7 Å². The highest BCUT2D eigenvalue weighted by atomic mass is 15.2. The molecule has 0 aliphatic carbocycles. The largest absolute Gasteiger partial charge is 0.397 e. The molecule has 0 bridgehead atoms. The lowest BCUT2D eigenvalue weighted by molar-refractivity contribution is 0.948. The Morgan fingerprint density at radius 2 is 1.95 bits per heavy atom. The molecule has 2 heterocycles. The van der Waals surface area contributed by atoms with E-state index >= 15 is 0 Å². The third-order valence-electron chi connectivity index (χ3n) is 3.10. The second kappa shape index (κ2) is 4.28. The Hall–Kier alpha value is -2.56. The van der Waals surface area contributed by atoms with Crippen molar-refractivity contribution in [1.82, 2.24) is 14.6 Å². The molecule has 19 heavy (non-hydrogen) atoms. The fourth-order valence-electron chi connectivity index (χ4n) is 2.17. The summed E-state index contributed by atoms with van der Waals surface area (Å²) < 4.78 is 1.81. The number of nitrogens with two attached hydrogens (primary N) is 1. The van der Waals surface area contributed by atoms with E-state index in [-0.39, 0.29) is 0 Å². The molecule has 0 aliphatic heterocycles. The van der Waals surface area contributed by atoms with Gasteiger partial charge in [0.2, 0.25) is 0 Å². The van der Waals surface area contributed by atoms with E-state index in [1.165, 1.54) is 0 Å². The molecule has 0 amide bonds. The number of fused-ring (bicyclic) bond motifs is 1. The van der Waals surface area contributed by atoms with Crippen LogP contribution in [0.15, 0.2) is 42.7 Å². The molecule has 1 aromatic carbocycles.